The van der Waals surface area contributed by atoms with Crippen LogP contribution in [0, 0.1) is 18.7 Å². The lowest BCUT2D eigenvalue weighted by atomic mass is 9.88. The van der Waals surface area contributed by atoms with Crippen LogP contribution < -0.4 is 25.2 Å². The summed E-state index contributed by atoms with van der Waals surface area (Å²) >= 11 is 0. The van der Waals surface area contributed by atoms with Crippen molar-refractivity contribution in [2.24, 2.45) is 5.92 Å². The van der Waals surface area contributed by atoms with E-state index in [2.05, 4.69) is 10.1 Å². The number of aryl methyl sites for hydroxylation is 2. The molecule has 1 fully saturated rings. The second-order valence-electron chi connectivity index (χ2n) is 9.10. The number of ether oxygens (including phenoxy) is 2. The molecule has 8 nitrogen and oxygen atoms in total. The second kappa shape index (κ2) is 11.6. The lowest BCUT2D eigenvalue weighted by Gasteiger charge is -2.20. The first kappa shape index (κ1) is 27.7. The van der Waals surface area contributed by atoms with Gasteiger partial charge in [-0.05, 0) is 61.4 Å². The molecule has 1 aliphatic heterocycles. The molecule has 2 aromatic carbocycles. The number of rotatable bonds is 9. The summed E-state index contributed by atoms with van der Waals surface area (Å²) in [6, 6.07) is 11.2. The molecule has 39 heavy (non-hydrogen) atoms. The first-order valence-electron chi connectivity index (χ1n) is 12.3. The van der Waals surface area contributed by atoms with Crippen LogP contribution in [0.3, 0.4) is 0 Å². The van der Waals surface area contributed by atoms with Crippen molar-refractivity contribution < 1.29 is 32.2 Å². The second-order valence-corrected chi connectivity index (χ2v) is 9.10. The minimum absolute atomic E-state index is 0.0338. The van der Waals surface area contributed by atoms with Crippen molar-refractivity contribution in [1.82, 2.24) is 9.88 Å². The summed E-state index contributed by atoms with van der Waals surface area (Å²) in [5.41, 5.74) is 0.893. The van der Waals surface area contributed by atoms with Gasteiger partial charge in [0.15, 0.2) is 0 Å². The summed E-state index contributed by atoms with van der Waals surface area (Å²) in [5, 5.41) is 2.69. The Morgan fingerprint density at radius 2 is 1.79 bits per heavy atom. The van der Waals surface area contributed by atoms with Crippen molar-refractivity contribution in [2.75, 3.05) is 25.1 Å². The molecule has 2 heterocycles. The average Bonchev–Trinajstić information content (AvgIpc) is 3.22. The number of alkyl halides is 2. The summed E-state index contributed by atoms with van der Waals surface area (Å²) in [7, 11) is 1.41. The van der Waals surface area contributed by atoms with Crippen LogP contribution in [-0.4, -0.2) is 43.2 Å². The molecule has 4 rings (SSSR count). The minimum Gasteiger partial charge on any atom is -0.497 e. The Morgan fingerprint density at radius 3 is 2.41 bits per heavy atom. The number of pyridine rings is 1. The maximum Gasteiger partial charge on any atom is 0.387 e. The Hall–Kier alpha value is -4.28. The predicted octanol–water partition coefficient (Wildman–Crippen LogP) is 4.10. The van der Waals surface area contributed by atoms with Crippen LogP contribution in [0.2, 0.25) is 0 Å². The van der Waals surface area contributed by atoms with Gasteiger partial charge in [0.2, 0.25) is 5.91 Å². The van der Waals surface area contributed by atoms with E-state index < -0.39 is 36.1 Å². The molecular formula is C28H28F3N3O5. The standard InChI is InChI=1S/C28H28F3N3O5/c1-4-33-12-11-16(2)24(27(33)37)34-15-22(20-10-9-19(38-3)13-23(20)29)21(26(34)36)14-32-25(35)17-5-7-18(8-6-17)39-28(30)31/h5-13,21-22,28H,4,14-15H2,1-3H3,(H,32,35)/t21?,22-/m0/s1. The molecule has 206 valence electrons. The molecular weight excluding hydrogens is 515 g/mol. The van der Waals surface area contributed by atoms with Gasteiger partial charge in [-0.2, -0.15) is 8.78 Å². The fourth-order valence-corrected chi connectivity index (χ4v) is 4.79. The largest absolute Gasteiger partial charge is 0.497 e. The zero-order valence-electron chi connectivity index (χ0n) is 21.6. The van der Waals surface area contributed by atoms with E-state index in [0.717, 1.165) is 0 Å². The van der Waals surface area contributed by atoms with E-state index in [4.69, 9.17) is 4.74 Å². The van der Waals surface area contributed by atoms with Gasteiger partial charge in [-0.15, -0.1) is 0 Å². The van der Waals surface area contributed by atoms with Crippen LogP contribution in [-0.2, 0) is 11.3 Å². The van der Waals surface area contributed by atoms with Gasteiger partial charge in [-0.25, -0.2) is 4.39 Å². The van der Waals surface area contributed by atoms with Crippen LogP contribution in [0.25, 0.3) is 0 Å². The van der Waals surface area contributed by atoms with Crippen LogP contribution in [0.15, 0.2) is 59.5 Å². The van der Waals surface area contributed by atoms with Crippen molar-refractivity contribution in [1.29, 1.82) is 0 Å². The normalized spacial score (nSPS) is 17.0. The minimum atomic E-state index is -2.99. The number of halogens is 3. The number of carbonyl (C=O) groups is 2. The predicted molar refractivity (Wildman–Crippen MR) is 138 cm³/mol. The maximum absolute atomic E-state index is 15.2. The summed E-state index contributed by atoms with van der Waals surface area (Å²) in [4.78, 5) is 41.0. The molecule has 1 unspecified atom stereocenters. The zero-order valence-corrected chi connectivity index (χ0v) is 21.6. The molecule has 1 N–H and O–H groups in total. The van der Waals surface area contributed by atoms with Crippen molar-refractivity contribution in [3.63, 3.8) is 0 Å². The summed E-state index contributed by atoms with van der Waals surface area (Å²) in [6.45, 7) is 0.840. The van der Waals surface area contributed by atoms with Crippen molar-refractivity contribution in [2.45, 2.75) is 32.9 Å². The maximum atomic E-state index is 15.2. The highest BCUT2D eigenvalue weighted by Gasteiger charge is 2.44. The number of anilines is 1. The van der Waals surface area contributed by atoms with Crippen LogP contribution in [0.4, 0.5) is 18.9 Å². The summed E-state index contributed by atoms with van der Waals surface area (Å²) in [5.74, 6) is -2.91. The topological polar surface area (TPSA) is 89.9 Å². The van der Waals surface area contributed by atoms with Gasteiger partial charge in [-0.1, -0.05) is 6.07 Å². The van der Waals surface area contributed by atoms with Crippen LogP contribution >= 0.6 is 0 Å². The van der Waals surface area contributed by atoms with Crippen LogP contribution in [0.1, 0.15) is 34.3 Å². The number of nitrogens with zero attached hydrogens (tertiary/aromatic N) is 2. The van der Waals surface area contributed by atoms with Crippen molar-refractivity contribution in [3.8, 4) is 11.5 Å². The third kappa shape index (κ3) is 5.76. The number of hydrogen-bond donors (Lipinski definition) is 1. The van der Waals surface area contributed by atoms with Gasteiger partial charge in [0.1, 0.15) is 23.0 Å². The number of nitrogens with one attached hydrogen (secondary N) is 1. The molecule has 0 saturated carbocycles. The number of methoxy groups -OCH3 is 1. The van der Waals surface area contributed by atoms with E-state index >= 15 is 4.39 Å². The van der Waals surface area contributed by atoms with Gasteiger partial charge < -0.3 is 24.3 Å². The zero-order chi connectivity index (χ0) is 28.3. The van der Waals surface area contributed by atoms with Gasteiger partial charge in [0.25, 0.3) is 11.5 Å². The molecule has 1 saturated heterocycles. The molecule has 0 spiro atoms. The summed E-state index contributed by atoms with van der Waals surface area (Å²) < 4.78 is 50.9. The lowest BCUT2D eigenvalue weighted by molar-refractivity contribution is -0.120. The lowest BCUT2D eigenvalue weighted by Crippen LogP contribution is -2.38. The van der Waals surface area contributed by atoms with Crippen molar-refractivity contribution in [3.05, 3.63) is 87.6 Å². The SMILES string of the molecule is CCn1ccc(C)c(N2C[C@@H](c3ccc(OC)cc3F)C(CNC(=O)c3ccc(OC(F)F)cc3)C2=O)c1=O. The molecule has 2 atom stereocenters. The average molecular weight is 544 g/mol. The third-order valence-corrected chi connectivity index (χ3v) is 6.83. The van der Waals surface area contributed by atoms with Gasteiger partial charge in [0.05, 0.1) is 13.0 Å². The van der Waals surface area contributed by atoms with E-state index in [1.807, 2.05) is 6.92 Å². The van der Waals surface area contributed by atoms with E-state index in [-0.39, 0.29) is 41.2 Å². The first-order valence-corrected chi connectivity index (χ1v) is 12.3. The number of aromatic nitrogens is 1. The Bertz CT molecular complexity index is 1420. The fourth-order valence-electron chi connectivity index (χ4n) is 4.79. The Labute approximate surface area is 223 Å². The smallest absolute Gasteiger partial charge is 0.387 e. The molecule has 1 aliphatic rings. The number of amides is 2. The number of hydrogen-bond acceptors (Lipinski definition) is 5. The molecule has 0 radical (unpaired) electrons. The van der Waals surface area contributed by atoms with Gasteiger partial charge in [-0.3, -0.25) is 14.4 Å². The van der Waals surface area contributed by atoms with E-state index in [1.165, 1.54) is 53.0 Å². The van der Waals surface area contributed by atoms with Crippen LogP contribution in [0.5, 0.6) is 11.5 Å². The Balaban J connectivity index is 1.64. The van der Waals surface area contributed by atoms with E-state index in [9.17, 15) is 23.2 Å². The molecule has 0 aliphatic carbocycles. The number of benzene rings is 2. The molecule has 0 bridgehead atoms. The highest BCUT2D eigenvalue weighted by Crippen LogP contribution is 2.38. The quantitative estimate of drug-likeness (QED) is 0.439. The molecule has 2 amide bonds. The van der Waals surface area contributed by atoms with Gasteiger partial charge in [0, 0.05) is 43.4 Å². The monoisotopic (exact) mass is 543 g/mol. The Kier molecular flexibility index (Phi) is 8.27. The van der Waals surface area contributed by atoms with Gasteiger partial charge >= 0.3 is 6.61 Å². The summed E-state index contributed by atoms with van der Waals surface area (Å²) in [6.07, 6.45) is 1.65. The molecule has 11 heteroatoms. The first-order chi connectivity index (χ1) is 18.6. The van der Waals surface area contributed by atoms with E-state index in [0.29, 0.717) is 17.9 Å². The fraction of sp³-hybridized carbons (Fsp3) is 0.321. The number of carbonyl (C=O) groups excluding carboxylic acids is 2. The van der Waals surface area contributed by atoms with Crippen molar-refractivity contribution >= 4 is 17.5 Å². The molecule has 1 aromatic heterocycles. The Morgan fingerprint density at radius 1 is 1.10 bits per heavy atom. The third-order valence-electron chi connectivity index (χ3n) is 6.83. The van der Waals surface area contributed by atoms with E-state index in [1.54, 1.807) is 25.3 Å². The highest BCUT2D eigenvalue weighted by molar-refractivity contribution is 6.00. The molecule has 3 aromatic rings. The highest BCUT2D eigenvalue weighted by atomic mass is 19.3.